The van der Waals surface area contributed by atoms with Crippen molar-refractivity contribution < 1.29 is 14.7 Å². The topological polar surface area (TPSA) is 78.4 Å². The second-order valence-electron chi connectivity index (χ2n) is 3.79. The van der Waals surface area contributed by atoms with E-state index < -0.39 is 5.97 Å². The summed E-state index contributed by atoms with van der Waals surface area (Å²) in [5.74, 6) is -1.01. The standard InChI is InChI=1S/C13H16N2O3/c1-3-4-7-14-13(18)15-10-6-5-9(2)11(8-10)12(16)17/h3,5-6,8H,1,4,7H2,2H3,(H,16,17)(H2,14,15,18). The number of hydrogen-bond acceptors (Lipinski definition) is 2. The van der Waals surface area contributed by atoms with Gasteiger partial charge in [0.2, 0.25) is 0 Å². The second-order valence-corrected chi connectivity index (χ2v) is 3.79. The zero-order chi connectivity index (χ0) is 13.5. The molecule has 5 nitrogen and oxygen atoms in total. The van der Waals surface area contributed by atoms with Crippen LogP contribution in [0.4, 0.5) is 10.5 Å². The van der Waals surface area contributed by atoms with Crippen LogP contribution in [0.25, 0.3) is 0 Å². The van der Waals surface area contributed by atoms with Crippen LogP contribution >= 0.6 is 0 Å². The van der Waals surface area contributed by atoms with E-state index in [2.05, 4.69) is 17.2 Å². The molecule has 0 unspecified atom stereocenters. The first kappa shape index (κ1) is 13.8. The Morgan fingerprint density at radius 3 is 2.78 bits per heavy atom. The number of rotatable bonds is 5. The monoisotopic (exact) mass is 248 g/mol. The summed E-state index contributed by atoms with van der Waals surface area (Å²) in [6, 6.07) is 4.39. The number of aromatic carboxylic acids is 1. The number of anilines is 1. The van der Waals surface area contributed by atoms with E-state index in [-0.39, 0.29) is 11.6 Å². The fourth-order valence-electron chi connectivity index (χ4n) is 1.39. The van der Waals surface area contributed by atoms with Gasteiger partial charge in [-0.2, -0.15) is 0 Å². The lowest BCUT2D eigenvalue weighted by Gasteiger charge is -2.08. The average molecular weight is 248 g/mol. The number of carbonyl (C=O) groups is 2. The third kappa shape index (κ3) is 3.93. The molecule has 0 aliphatic heterocycles. The molecule has 3 N–H and O–H groups in total. The molecular formula is C13H16N2O3. The lowest BCUT2D eigenvalue weighted by atomic mass is 10.1. The van der Waals surface area contributed by atoms with Crippen molar-refractivity contribution in [1.82, 2.24) is 5.32 Å². The molecule has 0 atom stereocenters. The van der Waals surface area contributed by atoms with E-state index in [9.17, 15) is 9.59 Å². The molecule has 18 heavy (non-hydrogen) atoms. The van der Waals surface area contributed by atoms with Gasteiger partial charge >= 0.3 is 12.0 Å². The van der Waals surface area contributed by atoms with Crippen LogP contribution in [0.3, 0.4) is 0 Å². The van der Waals surface area contributed by atoms with Crippen LogP contribution in [0.1, 0.15) is 22.3 Å². The van der Waals surface area contributed by atoms with E-state index in [0.29, 0.717) is 24.2 Å². The van der Waals surface area contributed by atoms with Crippen LogP contribution < -0.4 is 10.6 Å². The van der Waals surface area contributed by atoms with Gasteiger partial charge in [-0.25, -0.2) is 9.59 Å². The number of aryl methyl sites for hydroxylation is 1. The van der Waals surface area contributed by atoms with Crippen molar-refractivity contribution in [2.45, 2.75) is 13.3 Å². The highest BCUT2D eigenvalue weighted by Crippen LogP contribution is 2.15. The van der Waals surface area contributed by atoms with Gasteiger partial charge in [0.15, 0.2) is 0 Å². The number of carbonyl (C=O) groups excluding carboxylic acids is 1. The average Bonchev–Trinajstić information content (AvgIpc) is 2.31. The first-order valence-electron chi connectivity index (χ1n) is 5.54. The van der Waals surface area contributed by atoms with Crippen LogP contribution in [0, 0.1) is 6.92 Å². The molecule has 0 bridgehead atoms. The van der Waals surface area contributed by atoms with Gasteiger partial charge in [-0.15, -0.1) is 6.58 Å². The minimum atomic E-state index is -1.01. The summed E-state index contributed by atoms with van der Waals surface area (Å²) in [5.41, 5.74) is 1.29. The molecule has 0 radical (unpaired) electrons. The minimum absolute atomic E-state index is 0.180. The maximum absolute atomic E-state index is 11.4. The maximum atomic E-state index is 11.4. The molecule has 1 rings (SSSR count). The Bertz CT molecular complexity index is 469. The Balaban J connectivity index is 2.67. The number of nitrogens with one attached hydrogen (secondary N) is 2. The van der Waals surface area contributed by atoms with E-state index in [1.54, 1.807) is 25.1 Å². The van der Waals surface area contributed by atoms with E-state index >= 15 is 0 Å². The van der Waals surface area contributed by atoms with Gasteiger partial charge in [-0.1, -0.05) is 12.1 Å². The molecule has 0 saturated carbocycles. The number of urea groups is 1. The van der Waals surface area contributed by atoms with Gasteiger partial charge in [0.1, 0.15) is 0 Å². The Kier molecular flexibility index (Phi) is 4.92. The molecule has 0 aromatic heterocycles. The molecule has 2 amide bonds. The Hall–Kier alpha value is -2.30. The smallest absolute Gasteiger partial charge is 0.336 e. The van der Waals surface area contributed by atoms with E-state index in [0.717, 1.165) is 0 Å². The summed E-state index contributed by atoms with van der Waals surface area (Å²) >= 11 is 0. The maximum Gasteiger partial charge on any atom is 0.336 e. The van der Waals surface area contributed by atoms with Crippen LogP contribution in [0.15, 0.2) is 30.9 Å². The van der Waals surface area contributed by atoms with Crippen LogP contribution in [0.2, 0.25) is 0 Å². The van der Waals surface area contributed by atoms with Gasteiger partial charge in [0.05, 0.1) is 5.56 Å². The lowest BCUT2D eigenvalue weighted by Crippen LogP contribution is -2.29. The van der Waals surface area contributed by atoms with Gasteiger partial charge in [-0.05, 0) is 31.0 Å². The third-order valence-corrected chi connectivity index (χ3v) is 2.36. The molecule has 0 heterocycles. The zero-order valence-corrected chi connectivity index (χ0v) is 10.2. The summed E-state index contributed by atoms with van der Waals surface area (Å²) in [6.07, 6.45) is 2.39. The normalized spacial score (nSPS) is 9.61. The van der Waals surface area contributed by atoms with Crippen LogP contribution in [0.5, 0.6) is 0 Å². The zero-order valence-electron chi connectivity index (χ0n) is 10.2. The molecule has 0 aliphatic carbocycles. The molecule has 1 aromatic carbocycles. The Morgan fingerprint density at radius 2 is 2.17 bits per heavy atom. The van der Waals surface area contributed by atoms with E-state index in [1.807, 2.05) is 0 Å². The van der Waals surface area contributed by atoms with E-state index in [4.69, 9.17) is 5.11 Å². The fourth-order valence-corrected chi connectivity index (χ4v) is 1.39. The SMILES string of the molecule is C=CCCNC(=O)Nc1ccc(C)c(C(=O)O)c1. The summed E-state index contributed by atoms with van der Waals surface area (Å²) in [5, 5.41) is 14.2. The van der Waals surface area contributed by atoms with Crippen molar-refractivity contribution in [3.8, 4) is 0 Å². The van der Waals surface area contributed by atoms with Crippen molar-refractivity contribution in [2.75, 3.05) is 11.9 Å². The Morgan fingerprint density at radius 1 is 1.44 bits per heavy atom. The molecule has 96 valence electrons. The highest BCUT2D eigenvalue weighted by molar-refractivity contribution is 5.94. The fraction of sp³-hybridized carbons (Fsp3) is 0.231. The lowest BCUT2D eigenvalue weighted by molar-refractivity contribution is 0.0696. The molecular weight excluding hydrogens is 232 g/mol. The van der Waals surface area contributed by atoms with E-state index in [1.165, 1.54) is 6.07 Å². The number of benzene rings is 1. The van der Waals surface area contributed by atoms with Crippen LogP contribution in [-0.2, 0) is 0 Å². The molecule has 0 saturated heterocycles. The van der Waals surface area contributed by atoms with Crippen molar-refractivity contribution in [3.63, 3.8) is 0 Å². The largest absolute Gasteiger partial charge is 0.478 e. The molecule has 0 fully saturated rings. The van der Waals surface area contributed by atoms with Gasteiger partial charge < -0.3 is 15.7 Å². The van der Waals surface area contributed by atoms with Crippen molar-refractivity contribution >= 4 is 17.7 Å². The quantitative estimate of drug-likeness (QED) is 0.553. The summed E-state index contributed by atoms with van der Waals surface area (Å²) < 4.78 is 0. The molecule has 0 spiro atoms. The van der Waals surface area contributed by atoms with Crippen LogP contribution in [-0.4, -0.2) is 23.7 Å². The number of amides is 2. The first-order valence-corrected chi connectivity index (χ1v) is 5.54. The van der Waals surface area contributed by atoms with Crippen molar-refractivity contribution in [3.05, 3.63) is 42.0 Å². The van der Waals surface area contributed by atoms with Crippen molar-refractivity contribution in [1.29, 1.82) is 0 Å². The second kappa shape index (κ2) is 6.44. The molecule has 5 heteroatoms. The minimum Gasteiger partial charge on any atom is -0.478 e. The summed E-state index contributed by atoms with van der Waals surface area (Å²) in [4.78, 5) is 22.4. The van der Waals surface area contributed by atoms with Gasteiger partial charge in [0, 0.05) is 12.2 Å². The number of hydrogen-bond donors (Lipinski definition) is 3. The van der Waals surface area contributed by atoms with Crippen molar-refractivity contribution in [2.24, 2.45) is 0 Å². The summed E-state index contributed by atoms with van der Waals surface area (Å²) in [6.45, 7) is 5.74. The van der Waals surface area contributed by atoms with Gasteiger partial charge in [0.25, 0.3) is 0 Å². The predicted octanol–water partition coefficient (Wildman–Crippen LogP) is 2.39. The number of carboxylic acids is 1. The highest BCUT2D eigenvalue weighted by atomic mass is 16.4. The molecule has 1 aromatic rings. The highest BCUT2D eigenvalue weighted by Gasteiger charge is 2.09. The number of carboxylic acid groups (broad SMARTS) is 1. The van der Waals surface area contributed by atoms with Gasteiger partial charge in [-0.3, -0.25) is 0 Å². The molecule has 0 aliphatic rings. The summed E-state index contributed by atoms with van der Waals surface area (Å²) in [7, 11) is 0. The predicted molar refractivity (Wildman–Crippen MR) is 70.0 cm³/mol. The Labute approximate surface area is 106 Å². The third-order valence-electron chi connectivity index (χ3n) is 2.36. The first-order chi connectivity index (χ1) is 8.54.